The van der Waals surface area contributed by atoms with Gasteiger partial charge in [0.05, 0.1) is 0 Å². The summed E-state index contributed by atoms with van der Waals surface area (Å²) in [6.07, 6.45) is 10.2. The predicted molar refractivity (Wildman–Crippen MR) is 137 cm³/mol. The van der Waals surface area contributed by atoms with Gasteiger partial charge in [-0.1, -0.05) is 52.2 Å². The van der Waals surface area contributed by atoms with Gasteiger partial charge in [0.2, 0.25) is 0 Å². The number of aromatic nitrogens is 3. The van der Waals surface area contributed by atoms with E-state index < -0.39 is 12.1 Å². The zero-order valence-electron chi connectivity index (χ0n) is 21.8. The minimum Gasteiger partial charge on any atom is -0.351 e. The Hall–Kier alpha value is -3.41. The van der Waals surface area contributed by atoms with Gasteiger partial charge in [0.15, 0.2) is 18.1 Å². The van der Waals surface area contributed by atoms with Crippen LogP contribution in [0.15, 0.2) is 30.6 Å². The molecule has 2 aliphatic rings. The topological polar surface area (TPSA) is 107 Å². The van der Waals surface area contributed by atoms with Gasteiger partial charge in [-0.15, -0.1) is 10.2 Å². The van der Waals surface area contributed by atoms with E-state index in [9.17, 15) is 14.9 Å². The molecule has 1 aromatic carbocycles. The molecule has 9 heteroatoms. The summed E-state index contributed by atoms with van der Waals surface area (Å²) in [5.74, 6) is -0.157. The third-order valence-electron chi connectivity index (χ3n) is 7.36. The van der Waals surface area contributed by atoms with E-state index in [0.29, 0.717) is 24.5 Å². The van der Waals surface area contributed by atoms with Gasteiger partial charge < -0.3 is 9.88 Å². The van der Waals surface area contributed by atoms with Crippen LogP contribution in [0.5, 0.6) is 0 Å². The lowest BCUT2D eigenvalue weighted by atomic mass is 9.87. The highest BCUT2D eigenvalue weighted by Crippen LogP contribution is 2.33. The van der Waals surface area contributed by atoms with Crippen molar-refractivity contribution >= 4 is 17.5 Å². The van der Waals surface area contributed by atoms with Crippen molar-refractivity contribution in [1.29, 1.82) is 5.26 Å². The van der Waals surface area contributed by atoms with Gasteiger partial charge >= 0.3 is 0 Å². The van der Waals surface area contributed by atoms with E-state index in [1.54, 1.807) is 17.9 Å². The Morgan fingerprint density at radius 3 is 2.39 bits per heavy atom. The fourth-order valence-electron chi connectivity index (χ4n) is 5.25. The molecule has 1 saturated carbocycles. The second-order valence-electron chi connectivity index (χ2n) is 11.0. The number of nitrogens with zero attached hydrogens (tertiary/aromatic N) is 6. The van der Waals surface area contributed by atoms with Crippen LogP contribution in [0.1, 0.15) is 83.1 Å². The van der Waals surface area contributed by atoms with Crippen molar-refractivity contribution in [2.24, 2.45) is 7.05 Å². The van der Waals surface area contributed by atoms with Crippen LogP contribution >= 0.6 is 0 Å². The predicted octanol–water partition coefficient (Wildman–Crippen LogP) is 3.58. The van der Waals surface area contributed by atoms with Crippen LogP contribution in [-0.4, -0.2) is 50.1 Å². The Labute approximate surface area is 213 Å². The van der Waals surface area contributed by atoms with Gasteiger partial charge in [-0.2, -0.15) is 5.26 Å². The number of benzene rings is 1. The fourth-order valence-corrected chi connectivity index (χ4v) is 5.25. The summed E-state index contributed by atoms with van der Waals surface area (Å²) in [4.78, 5) is 31.1. The maximum absolute atomic E-state index is 14.1. The average molecular weight is 492 g/mol. The van der Waals surface area contributed by atoms with E-state index >= 15 is 0 Å². The molecule has 1 N–H and O–H groups in total. The van der Waals surface area contributed by atoms with E-state index in [2.05, 4.69) is 42.5 Å². The molecule has 0 bridgehead atoms. The van der Waals surface area contributed by atoms with Crippen molar-refractivity contribution in [3.05, 3.63) is 42.0 Å². The maximum Gasteiger partial charge on any atom is 0.251 e. The molecule has 1 aliphatic heterocycles. The molecule has 192 valence electrons. The number of carbonyl (C=O) groups is 2. The number of anilines is 1. The van der Waals surface area contributed by atoms with E-state index in [1.807, 2.05) is 24.3 Å². The molecule has 4 rings (SSSR count). The van der Waals surface area contributed by atoms with E-state index in [-0.39, 0.29) is 23.3 Å². The van der Waals surface area contributed by atoms with Crippen molar-refractivity contribution in [2.75, 3.05) is 11.4 Å². The summed E-state index contributed by atoms with van der Waals surface area (Å²) >= 11 is 0. The standard InChI is InChI=1S/C27H37N7O2/c1-27(2,3)19-12-14-21(15-13-19)34(26(36)22-11-8-16-33(22)17-28)23(24-31-29-18-32(24)4)25(35)30-20-9-6-5-7-10-20/h12-15,18,20,22-23H,5-11,16H2,1-4H3,(H,30,35). The lowest BCUT2D eigenvalue weighted by Crippen LogP contribution is -2.52. The molecule has 2 heterocycles. The Balaban J connectivity index is 1.78. The van der Waals surface area contributed by atoms with Crippen molar-refractivity contribution in [1.82, 2.24) is 25.0 Å². The largest absolute Gasteiger partial charge is 0.351 e. The molecular formula is C27H37N7O2. The van der Waals surface area contributed by atoms with Crippen LogP contribution in [-0.2, 0) is 22.1 Å². The van der Waals surface area contributed by atoms with E-state index in [0.717, 1.165) is 37.7 Å². The molecular weight excluding hydrogens is 454 g/mol. The average Bonchev–Trinajstić information content (AvgIpc) is 3.51. The first-order chi connectivity index (χ1) is 17.2. The molecule has 0 radical (unpaired) electrons. The maximum atomic E-state index is 14.1. The monoisotopic (exact) mass is 491 g/mol. The summed E-state index contributed by atoms with van der Waals surface area (Å²) in [6.45, 7) is 6.93. The first-order valence-electron chi connectivity index (χ1n) is 12.9. The number of hydrogen-bond donors (Lipinski definition) is 1. The van der Waals surface area contributed by atoms with E-state index in [1.165, 1.54) is 16.2 Å². The Morgan fingerprint density at radius 2 is 1.81 bits per heavy atom. The molecule has 9 nitrogen and oxygen atoms in total. The Kier molecular flexibility index (Phi) is 7.62. The Morgan fingerprint density at radius 1 is 1.11 bits per heavy atom. The molecule has 1 aromatic heterocycles. The summed E-state index contributed by atoms with van der Waals surface area (Å²) in [5.41, 5.74) is 1.67. The molecule has 36 heavy (non-hydrogen) atoms. The zero-order chi connectivity index (χ0) is 25.9. The summed E-state index contributed by atoms with van der Waals surface area (Å²) in [7, 11) is 1.78. The summed E-state index contributed by atoms with van der Waals surface area (Å²) in [5, 5.41) is 21.1. The normalized spacial score (nSPS) is 19.5. The van der Waals surface area contributed by atoms with Crippen LogP contribution in [0.3, 0.4) is 0 Å². The lowest BCUT2D eigenvalue weighted by Gasteiger charge is -2.35. The number of hydrogen-bond acceptors (Lipinski definition) is 6. The van der Waals surface area contributed by atoms with Crippen molar-refractivity contribution in [2.45, 2.75) is 89.3 Å². The number of nitriles is 1. The number of nitrogens with one attached hydrogen (secondary N) is 1. The van der Waals surface area contributed by atoms with Gasteiger partial charge in [0, 0.05) is 25.3 Å². The third kappa shape index (κ3) is 5.38. The van der Waals surface area contributed by atoms with Gasteiger partial charge in [-0.05, 0) is 48.8 Å². The minimum atomic E-state index is -1.01. The van der Waals surface area contributed by atoms with Crippen LogP contribution in [0.4, 0.5) is 5.69 Å². The van der Waals surface area contributed by atoms with Crippen molar-refractivity contribution < 1.29 is 9.59 Å². The summed E-state index contributed by atoms with van der Waals surface area (Å²) < 4.78 is 1.69. The third-order valence-corrected chi connectivity index (χ3v) is 7.36. The van der Waals surface area contributed by atoms with E-state index in [4.69, 9.17) is 0 Å². The minimum absolute atomic E-state index is 0.0578. The molecule has 2 aromatic rings. The van der Waals surface area contributed by atoms with Crippen molar-refractivity contribution in [3.8, 4) is 6.19 Å². The Bertz CT molecular complexity index is 1110. The van der Waals surface area contributed by atoms with Gasteiger partial charge in [0.25, 0.3) is 11.8 Å². The highest BCUT2D eigenvalue weighted by Gasteiger charge is 2.42. The molecule has 2 atom stereocenters. The number of likely N-dealkylation sites (tertiary alicyclic amines) is 1. The smallest absolute Gasteiger partial charge is 0.251 e. The van der Waals surface area contributed by atoms with Gasteiger partial charge in [-0.25, -0.2) is 0 Å². The van der Waals surface area contributed by atoms with Gasteiger partial charge in [0.1, 0.15) is 12.4 Å². The number of carbonyl (C=O) groups excluding carboxylic acids is 2. The summed E-state index contributed by atoms with van der Waals surface area (Å²) in [6, 6.07) is 6.23. The van der Waals surface area contributed by atoms with Gasteiger partial charge in [-0.3, -0.25) is 19.4 Å². The first kappa shape index (κ1) is 25.7. The second-order valence-corrected chi connectivity index (χ2v) is 11.0. The van der Waals surface area contributed by atoms with Crippen LogP contribution in [0.25, 0.3) is 0 Å². The second kappa shape index (κ2) is 10.7. The number of rotatable bonds is 6. The molecule has 1 aliphatic carbocycles. The van der Waals surface area contributed by atoms with Crippen molar-refractivity contribution in [3.63, 3.8) is 0 Å². The highest BCUT2D eigenvalue weighted by atomic mass is 16.2. The lowest BCUT2D eigenvalue weighted by molar-refractivity contribution is -0.129. The number of aryl methyl sites for hydroxylation is 1. The fraction of sp³-hybridized carbons (Fsp3) is 0.593. The van der Waals surface area contributed by atoms with Crippen LogP contribution < -0.4 is 10.2 Å². The molecule has 2 amide bonds. The number of amides is 2. The molecule has 0 spiro atoms. The first-order valence-corrected chi connectivity index (χ1v) is 12.9. The molecule has 2 fully saturated rings. The molecule has 1 saturated heterocycles. The van der Waals surface area contributed by atoms with Crippen LogP contribution in [0, 0.1) is 11.5 Å². The molecule has 2 unspecified atom stereocenters. The zero-order valence-corrected chi connectivity index (χ0v) is 21.8. The quantitative estimate of drug-likeness (QED) is 0.619. The SMILES string of the molecule is Cn1cnnc1C(C(=O)NC1CCCCC1)N(C(=O)C1CCCN1C#N)c1ccc(C(C)(C)C)cc1. The highest BCUT2D eigenvalue weighted by molar-refractivity contribution is 6.03. The van der Waals surface area contributed by atoms with Crippen LogP contribution in [0.2, 0.25) is 0 Å².